The SMILES string of the molecule is CCc1c(Nc2cc(Cl)nc3c2nc(C)n3PI)cccc1-c1nccs1. The minimum Gasteiger partial charge on any atom is -0.353 e. The summed E-state index contributed by atoms with van der Waals surface area (Å²) in [5, 5.41) is 7.03. The molecular formula is C18H16ClIN5PS. The highest BCUT2D eigenvalue weighted by Gasteiger charge is 2.16. The average Bonchev–Trinajstić information content (AvgIpc) is 3.29. The second-order valence-electron chi connectivity index (χ2n) is 5.89. The molecule has 3 heterocycles. The summed E-state index contributed by atoms with van der Waals surface area (Å²) in [5.41, 5.74) is 5.93. The average molecular weight is 528 g/mol. The Balaban J connectivity index is 1.85. The van der Waals surface area contributed by atoms with Crippen molar-refractivity contribution in [1.29, 1.82) is 0 Å². The molecule has 138 valence electrons. The molecule has 0 aliphatic carbocycles. The Kier molecular flexibility index (Phi) is 5.64. The molecule has 0 aliphatic rings. The molecule has 0 saturated carbocycles. The van der Waals surface area contributed by atoms with Crippen molar-refractivity contribution in [2.24, 2.45) is 0 Å². The van der Waals surface area contributed by atoms with Gasteiger partial charge in [-0.2, -0.15) is 0 Å². The molecule has 0 radical (unpaired) electrons. The molecule has 0 fully saturated rings. The minimum atomic E-state index is 0.454. The van der Waals surface area contributed by atoms with Gasteiger partial charge in [-0.3, -0.25) is 4.34 Å². The predicted molar refractivity (Wildman–Crippen MR) is 125 cm³/mol. The van der Waals surface area contributed by atoms with Crippen LogP contribution in [0.25, 0.3) is 21.7 Å². The summed E-state index contributed by atoms with van der Waals surface area (Å²) in [4.78, 5) is 13.7. The fourth-order valence-electron chi connectivity index (χ4n) is 3.11. The molecule has 9 heteroatoms. The highest BCUT2D eigenvalue weighted by atomic mass is 127. The molecule has 1 unspecified atom stereocenters. The number of imidazole rings is 1. The number of pyridine rings is 1. The van der Waals surface area contributed by atoms with E-state index < -0.39 is 0 Å². The van der Waals surface area contributed by atoms with Crippen molar-refractivity contribution in [2.75, 3.05) is 5.32 Å². The fourth-order valence-corrected chi connectivity index (χ4v) is 6.13. The summed E-state index contributed by atoms with van der Waals surface area (Å²) in [6.45, 7) is 4.15. The third kappa shape index (κ3) is 3.58. The van der Waals surface area contributed by atoms with Crippen molar-refractivity contribution in [3.63, 3.8) is 0 Å². The Hall–Kier alpha value is -1.28. The summed E-state index contributed by atoms with van der Waals surface area (Å²) < 4.78 is 2.08. The lowest BCUT2D eigenvalue weighted by atomic mass is 10.0. The van der Waals surface area contributed by atoms with Crippen molar-refractivity contribution in [2.45, 2.75) is 20.3 Å². The highest BCUT2D eigenvalue weighted by Crippen LogP contribution is 2.37. The lowest BCUT2D eigenvalue weighted by molar-refractivity contribution is 1.10. The predicted octanol–water partition coefficient (Wildman–Crippen LogP) is 6.61. The quantitative estimate of drug-likeness (QED) is 0.180. The van der Waals surface area contributed by atoms with Gasteiger partial charge in [0.25, 0.3) is 0 Å². The topological polar surface area (TPSA) is 55.6 Å². The largest absolute Gasteiger partial charge is 0.353 e. The first-order chi connectivity index (χ1) is 13.1. The van der Waals surface area contributed by atoms with E-state index in [1.165, 1.54) is 5.56 Å². The van der Waals surface area contributed by atoms with E-state index in [-0.39, 0.29) is 0 Å². The van der Waals surface area contributed by atoms with Crippen molar-refractivity contribution >= 4 is 73.9 Å². The van der Waals surface area contributed by atoms with E-state index in [4.69, 9.17) is 16.6 Å². The Bertz CT molecular complexity index is 1110. The van der Waals surface area contributed by atoms with Crippen molar-refractivity contribution in [1.82, 2.24) is 19.3 Å². The van der Waals surface area contributed by atoms with E-state index >= 15 is 0 Å². The van der Waals surface area contributed by atoms with Crippen molar-refractivity contribution in [3.05, 3.63) is 52.4 Å². The highest BCUT2D eigenvalue weighted by molar-refractivity contribution is 14.2. The summed E-state index contributed by atoms with van der Waals surface area (Å²) >= 11 is 10.3. The van der Waals surface area contributed by atoms with Gasteiger partial charge in [0.15, 0.2) is 5.65 Å². The number of halogens is 2. The number of hydrogen-bond donors (Lipinski definition) is 1. The third-order valence-corrected chi connectivity index (χ3v) is 7.45. The van der Waals surface area contributed by atoms with Crippen molar-refractivity contribution < 1.29 is 0 Å². The van der Waals surface area contributed by atoms with Gasteiger partial charge in [0.1, 0.15) is 21.5 Å². The molecule has 0 spiro atoms. The fraction of sp³-hybridized carbons (Fsp3) is 0.167. The van der Waals surface area contributed by atoms with Gasteiger partial charge in [-0.15, -0.1) is 11.3 Å². The molecular weight excluding hydrogens is 512 g/mol. The van der Waals surface area contributed by atoms with Gasteiger partial charge in [0.2, 0.25) is 0 Å². The van der Waals surface area contributed by atoms with Crippen LogP contribution in [-0.2, 0) is 6.42 Å². The van der Waals surface area contributed by atoms with Gasteiger partial charge < -0.3 is 5.32 Å². The number of thiazole rings is 1. The van der Waals surface area contributed by atoms with E-state index in [2.05, 4.69) is 60.7 Å². The number of fused-ring (bicyclic) bond motifs is 1. The van der Waals surface area contributed by atoms with Crippen LogP contribution in [0, 0.1) is 6.92 Å². The number of anilines is 2. The van der Waals surface area contributed by atoms with Crippen LogP contribution in [0.5, 0.6) is 0 Å². The molecule has 4 aromatic rings. The maximum atomic E-state index is 6.31. The number of rotatable bonds is 5. The van der Waals surface area contributed by atoms with Crippen LogP contribution in [-0.4, -0.2) is 19.3 Å². The Labute approximate surface area is 180 Å². The first-order valence-electron chi connectivity index (χ1n) is 8.33. The lowest BCUT2D eigenvalue weighted by Crippen LogP contribution is -1.99. The molecule has 3 aromatic heterocycles. The van der Waals surface area contributed by atoms with E-state index in [9.17, 15) is 0 Å². The molecule has 1 aromatic carbocycles. The zero-order valence-corrected chi connectivity index (χ0v) is 19.4. The first-order valence-corrected chi connectivity index (χ1v) is 13.6. The molecule has 5 nitrogen and oxygen atoms in total. The van der Waals surface area contributed by atoms with Crippen LogP contribution in [0.1, 0.15) is 18.3 Å². The van der Waals surface area contributed by atoms with Crippen LogP contribution < -0.4 is 5.32 Å². The standard InChI is InChI=1S/C18H16ClIN5PS/c1-3-11-12(18-21-7-8-27-18)5-4-6-13(11)23-14-9-15(19)24-17-16(14)22-10(2)25(17)26-20/h4-9,26H,3H2,1-2H3,(H,23,24). The van der Waals surface area contributed by atoms with Crippen LogP contribution in [0.15, 0.2) is 35.8 Å². The zero-order valence-electron chi connectivity index (χ0n) is 14.6. The Morgan fingerprint density at radius 2 is 2.15 bits per heavy atom. The molecule has 0 aliphatic heterocycles. The molecule has 0 saturated heterocycles. The van der Waals surface area contributed by atoms with Gasteiger partial charge in [-0.1, -0.05) is 30.7 Å². The monoisotopic (exact) mass is 527 g/mol. The number of nitrogens with zero attached hydrogens (tertiary/aromatic N) is 4. The summed E-state index contributed by atoms with van der Waals surface area (Å²) in [5.74, 6) is 0.933. The summed E-state index contributed by atoms with van der Waals surface area (Å²) in [6, 6.07) is 8.09. The van der Waals surface area contributed by atoms with Gasteiger partial charge in [0, 0.05) is 28.9 Å². The molecule has 27 heavy (non-hydrogen) atoms. The molecule has 0 amide bonds. The van der Waals surface area contributed by atoms with Crippen LogP contribution in [0.2, 0.25) is 5.15 Å². The zero-order chi connectivity index (χ0) is 19.0. The molecule has 4 rings (SSSR count). The Morgan fingerprint density at radius 3 is 2.85 bits per heavy atom. The second-order valence-corrected chi connectivity index (χ2v) is 9.24. The minimum absolute atomic E-state index is 0.454. The summed E-state index contributed by atoms with van der Waals surface area (Å²) in [6.07, 6.45) is 3.25. The maximum absolute atomic E-state index is 6.31. The van der Waals surface area contributed by atoms with Crippen LogP contribution in [0.4, 0.5) is 11.4 Å². The number of aromatic nitrogens is 4. The van der Waals surface area contributed by atoms with Crippen LogP contribution >= 0.6 is 51.4 Å². The molecule has 0 bridgehead atoms. The molecule has 1 N–H and O–H groups in total. The number of nitrogens with one attached hydrogen (secondary N) is 1. The number of aryl methyl sites for hydroxylation is 1. The van der Waals surface area contributed by atoms with Gasteiger partial charge in [-0.05, 0) is 47.0 Å². The smallest absolute Gasteiger partial charge is 0.167 e. The van der Waals surface area contributed by atoms with Crippen LogP contribution in [0.3, 0.4) is 0 Å². The number of benzene rings is 1. The van der Waals surface area contributed by atoms with Gasteiger partial charge in [0.05, 0.1) is 12.1 Å². The molecule has 1 atom stereocenters. The van der Waals surface area contributed by atoms with Gasteiger partial charge >= 0.3 is 0 Å². The third-order valence-electron chi connectivity index (χ3n) is 4.30. The maximum Gasteiger partial charge on any atom is 0.167 e. The van der Waals surface area contributed by atoms with E-state index in [1.54, 1.807) is 11.3 Å². The lowest BCUT2D eigenvalue weighted by Gasteiger charge is -2.15. The summed E-state index contributed by atoms with van der Waals surface area (Å²) in [7, 11) is 0. The normalized spacial score (nSPS) is 11.7. The van der Waals surface area contributed by atoms with E-state index in [0.717, 1.165) is 45.4 Å². The van der Waals surface area contributed by atoms with E-state index in [0.29, 0.717) is 11.5 Å². The van der Waals surface area contributed by atoms with Crippen molar-refractivity contribution in [3.8, 4) is 10.6 Å². The second kappa shape index (κ2) is 7.99. The van der Waals surface area contributed by atoms with E-state index in [1.807, 2.05) is 30.6 Å². The Morgan fingerprint density at radius 1 is 1.30 bits per heavy atom. The van der Waals surface area contributed by atoms with Gasteiger partial charge in [-0.25, -0.2) is 15.0 Å². The number of hydrogen-bond acceptors (Lipinski definition) is 5. The first kappa shape index (κ1) is 19.1.